The zero-order valence-corrected chi connectivity index (χ0v) is 10.7. The van der Waals surface area contributed by atoms with Crippen molar-refractivity contribution < 1.29 is 13.2 Å². The summed E-state index contributed by atoms with van der Waals surface area (Å²) in [6.07, 6.45) is -2.63. The van der Waals surface area contributed by atoms with Crippen LogP contribution >= 0.6 is 22.7 Å². The molecule has 18 heavy (non-hydrogen) atoms. The fraction of sp³-hybridized carbons (Fsp3) is 0.300. The van der Waals surface area contributed by atoms with Gasteiger partial charge in [-0.25, -0.2) is 4.98 Å². The molecule has 0 amide bonds. The van der Waals surface area contributed by atoms with Gasteiger partial charge in [0.25, 0.3) is 0 Å². The minimum Gasteiger partial charge on any atom is -0.271 e. The molecular weight excluding hydrogens is 283 g/mol. The summed E-state index contributed by atoms with van der Waals surface area (Å²) in [5.41, 5.74) is 3.56. The number of nitrogens with one attached hydrogen (secondary N) is 1. The van der Waals surface area contributed by atoms with Gasteiger partial charge in [-0.2, -0.15) is 24.5 Å². The van der Waals surface area contributed by atoms with Crippen molar-refractivity contribution >= 4 is 22.7 Å². The molecule has 1 atom stereocenters. The Kier molecular flexibility index (Phi) is 4.00. The van der Waals surface area contributed by atoms with Crippen molar-refractivity contribution in [3.05, 3.63) is 38.5 Å². The normalized spacial score (nSPS) is 13.8. The summed E-state index contributed by atoms with van der Waals surface area (Å²) in [7, 11) is 0. The van der Waals surface area contributed by atoms with E-state index in [1.165, 1.54) is 17.5 Å². The van der Waals surface area contributed by atoms with E-state index in [1.807, 2.05) is 16.8 Å². The SMILES string of the molecule is NNC(Cc1ccsc1)c1cnc(C(F)(F)F)s1. The van der Waals surface area contributed by atoms with Crippen molar-refractivity contribution in [3.8, 4) is 0 Å². The first-order chi connectivity index (χ1) is 8.50. The number of nitrogens with two attached hydrogens (primary N) is 1. The topological polar surface area (TPSA) is 50.9 Å². The highest BCUT2D eigenvalue weighted by atomic mass is 32.1. The fourth-order valence-corrected chi connectivity index (χ4v) is 2.99. The first kappa shape index (κ1) is 13.5. The molecule has 0 bridgehead atoms. The maximum Gasteiger partial charge on any atom is 0.443 e. The minimum absolute atomic E-state index is 0.354. The summed E-state index contributed by atoms with van der Waals surface area (Å²) in [6, 6.07) is 1.56. The van der Waals surface area contributed by atoms with E-state index in [1.54, 1.807) is 0 Å². The van der Waals surface area contributed by atoms with Gasteiger partial charge in [0, 0.05) is 11.1 Å². The van der Waals surface area contributed by atoms with Crippen LogP contribution in [0.25, 0.3) is 0 Å². The number of thiazole rings is 1. The van der Waals surface area contributed by atoms with E-state index < -0.39 is 11.2 Å². The summed E-state index contributed by atoms with van der Waals surface area (Å²) < 4.78 is 37.3. The molecule has 0 aliphatic rings. The van der Waals surface area contributed by atoms with Crippen LogP contribution in [0.1, 0.15) is 21.5 Å². The van der Waals surface area contributed by atoms with Gasteiger partial charge in [0.15, 0.2) is 5.01 Å². The van der Waals surface area contributed by atoms with Crippen molar-refractivity contribution in [2.24, 2.45) is 5.84 Å². The molecule has 2 aromatic heterocycles. The van der Waals surface area contributed by atoms with Crippen LogP contribution in [0.15, 0.2) is 23.0 Å². The van der Waals surface area contributed by atoms with Crippen LogP contribution in [0.2, 0.25) is 0 Å². The predicted octanol–water partition coefficient (Wildman–Crippen LogP) is 2.97. The van der Waals surface area contributed by atoms with E-state index in [0.29, 0.717) is 22.6 Å². The highest BCUT2D eigenvalue weighted by molar-refractivity contribution is 7.11. The summed E-state index contributed by atoms with van der Waals surface area (Å²) in [5.74, 6) is 5.39. The largest absolute Gasteiger partial charge is 0.443 e. The van der Waals surface area contributed by atoms with Crippen molar-refractivity contribution in [2.75, 3.05) is 0 Å². The van der Waals surface area contributed by atoms with E-state index in [4.69, 9.17) is 5.84 Å². The van der Waals surface area contributed by atoms with E-state index in [9.17, 15) is 13.2 Å². The Balaban J connectivity index is 2.15. The quantitative estimate of drug-likeness (QED) is 0.673. The second-order valence-corrected chi connectivity index (χ2v) is 5.46. The van der Waals surface area contributed by atoms with Crippen molar-refractivity contribution in [1.29, 1.82) is 0 Å². The van der Waals surface area contributed by atoms with Crippen LogP contribution in [-0.2, 0) is 12.6 Å². The monoisotopic (exact) mass is 293 g/mol. The Morgan fingerprint density at radius 1 is 1.44 bits per heavy atom. The van der Waals surface area contributed by atoms with Gasteiger partial charge >= 0.3 is 6.18 Å². The van der Waals surface area contributed by atoms with E-state index in [2.05, 4.69) is 10.4 Å². The van der Waals surface area contributed by atoms with Crippen LogP contribution < -0.4 is 11.3 Å². The Bertz CT molecular complexity index is 493. The molecule has 3 N–H and O–H groups in total. The molecule has 2 heterocycles. The molecule has 0 aliphatic carbocycles. The number of alkyl halides is 3. The van der Waals surface area contributed by atoms with E-state index in [-0.39, 0.29) is 6.04 Å². The molecule has 8 heteroatoms. The highest BCUT2D eigenvalue weighted by Gasteiger charge is 2.35. The van der Waals surface area contributed by atoms with Gasteiger partial charge in [0.05, 0.1) is 6.04 Å². The Labute approximate surface area is 109 Å². The van der Waals surface area contributed by atoms with Crippen LogP contribution in [0.5, 0.6) is 0 Å². The van der Waals surface area contributed by atoms with Gasteiger partial charge in [-0.05, 0) is 28.8 Å². The molecule has 98 valence electrons. The van der Waals surface area contributed by atoms with Gasteiger partial charge < -0.3 is 0 Å². The number of halogens is 3. The molecule has 0 radical (unpaired) electrons. The van der Waals surface area contributed by atoms with E-state index in [0.717, 1.165) is 5.56 Å². The number of nitrogens with zero attached hydrogens (tertiary/aromatic N) is 1. The van der Waals surface area contributed by atoms with Crippen LogP contribution in [0.3, 0.4) is 0 Å². The molecule has 1 unspecified atom stereocenters. The lowest BCUT2D eigenvalue weighted by Crippen LogP contribution is -2.28. The Hall–Kier alpha value is -0.960. The van der Waals surface area contributed by atoms with Crippen molar-refractivity contribution in [3.63, 3.8) is 0 Å². The van der Waals surface area contributed by atoms with Crippen LogP contribution in [-0.4, -0.2) is 4.98 Å². The molecule has 2 rings (SSSR count). The minimum atomic E-state index is -4.40. The first-order valence-electron chi connectivity index (χ1n) is 5.01. The Morgan fingerprint density at radius 3 is 2.72 bits per heavy atom. The molecule has 3 nitrogen and oxygen atoms in total. The third-order valence-corrected chi connectivity index (χ3v) is 4.22. The summed E-state index contributed by atoms with van der Waals surface area (Å²) in [6.45, 7) is 0. The number of hydrogen-bond donors (Lipinski definition) is 2. The second kappa shape index (κ2) is 5.35. The lowest BCUT2D eigenvalue weighted by Gasteiger charge is -2.12. The highest BCUT2D eigenvalue weighted by Crippen LogP contribution is 2.34. The van der Waals surface area contributed by atoms with Gasteiger partial charge in [0.1, 0.15) is 0 Å². The standard InChI is InChI=1S/C10H10F3N3S2/c11-10(12,13)9-15-4-8(18-9)7(16-14)3-6-1-2-17-5-6/h1-2,4-5,7,16H,3,14H2. The van der Waals surface area contributed by atoms with Gasteiger partial charge in [0.2, 0.25) is 0 Å². The number of aromatic nitrogens is 1. The van der Waals surface area contributed by atoms with E-state index >= 15 is 0 Å². The molecule has 0 spiro atoms. The first-order valence-corrected chi connectivity index (χ1v) is 6.76. The molecule has 0 saturated heterocycles. The van der Waals surface area contributed by atoms with Gasteiger partial charge in [-0.1, -0.05) is 0 Å². The van der Waals surface area contributed by atoms with Crippen LogP contribution in [0, 0.1) is 0 Å². The molecule has 0 saturated carbocycles. The number of thiophene rings is 1. The smallest absolute Gasteiger partial charge is 0.271 e. The lowest BCUT2D eigenvalue weighted by molar-refractivity contribution is -0.137. The zero-order valence-electron chi connectivity index (χ0n) is 9.07. The third-order valence-electron chi connectivity index (χ3n) is 2.33. The molecule has 0 aliphatic heterocycles. The molecule has 0 fully saturated rings. The summed E-state index contributed by atoms with van der Waals surface area (Å²) in [5, 5.41) is 3.01. The maximum absolute atomic E-state index is 12.4. The average molecular weight is 293 g/mol. The fourth-order valence-electron chi connectivity index (χ4n) is 1.46. The van der Waals surface area contributed by atoms with Gasteiger partial charge in [-0.15, -0.1) is 11.3 Å². The molecular formula is C10H10F3N3S2. The average Bonchev–Trinajstić information content (AvgIpc) is 2.95. The molecule has 2 aromatic rings. The molecule has 0 aromatic carbocycles. The Morgan fingerprint density at radius 2 is 2.22 bits per heavy atom. The summed E-state index contributed by atoms with van der Waals surface area (Å²) in [4.78, 5) is 3.87. The van der Waals surface area contributed by atoms with Gasteiger partial charge in [-0.3, -0.25) is 11.3 Å². The zero-order chi connectivity index (χ0) is 13.2. The van der Waals surface area contributed by atoms with Crippen molar-refractivity contribution in [1.82, 2.24) is 10.4 Å². The second-order valence-electron chi connectivity index (χ2n) is 3.62. The predicted molar refractivity (Wildman–Crippen MR) is 65.2 cm³/mol. The lowest BCUT2D eigenvalue weighted by atomic mass is 10.1. The van der Waals surface area contributed by atoms with Crippen molar-refractivity contribution in [2.45, 2.75) is 18.6 Å². The number of rotatable bonds is 4. The van der Waals surface area contributed by atoms with Crippen LogP contribution in [0.4, 0.5) is 13.2 Å². The summed E-state index contributed by atoms with van der Waals surface area (Å²) >= 11 is 2.16. The maximum atomic E-state index is 12.4. The third kappa shape index (κ3) is 3.08. The number of hydrogen-bond acceptors (Lipinski definition) is 5. The number of hydrazine groups is 1.